The molecule has 0 radical (unpaired) electrons. The zero-order valence-electron chi connectivity index (χ0n) is 13.2. The van der Waals surface area contributed by atoms with Gasteiger partial charge in [-0.25, -0.2) is 0 Å². The monoisotopic (exact) mass is 354 g/mol. The number of carbonyl (C=O) groups is 2. The largest absolute Gasteiger partial charge is 0.483 e. The molecule has 0 spiro atoms. The minimum Gasteiger partial charge on any atom is -0.483 e. The second-order valence-electron chi connectivity index (χ2n) is 5.25. The molecule has 0 unspecified atom stereocenters. The Balaban J connectivity index is 1.56. The van der Waals surface area contributed by atoms with Gasteiger partial charge in [-0.15, -0.1) is 0 Å². The fourth-order valence-electron chi connectivity index (χ4n) is 2.34. The first-order chi connectivity index (χ1) is 12.1. The molecule has 2 amide bonds. The van der Waals surface area contributed by atoms with E-state index in [9.17, 15) is 9.59 Å². The van der Waals surface area contributed by atoms with Crippen LogP contribution in [0.4, 0.5) is 0 Å². The number of nitrogens with one attached hydrogen (secondary N) is 2. The maximum Gasteiger partial charge on any atom is 0.276 e. The van der Waals surface area contributed by atoms with Crippen molar-refractivity contribution in [2.75, 3.05) is 6.61 Å². The molecule has 0 aromatic heterocycles. The summed E-state index contributed by atoms with van der Waals surface area (Å²) >= 11 is 5.93. The van der Waals surface area contributed by atoms with Gasteiger partial charge in [0.25, 0.3) is 11.8 Å². The summed E-state index contributed by atoms with van der Waals surface area (Å²) in [6.07, 6.45) is 0. The van der Waals surface area contributed by atoms with Crippen LogP contribution in [0.1, 0.15) is 10.4 Å². The third kappa shape index (κ3) is 4.08. The highest BCUT2D eigenvalue weighted by molar-refractivity contribution is 6.33. The fraction of sp³-hybridized carbons (Fsp3) is 0.0526. The quantitative estimate of drug-likeness (QED) is 0.706. The van der Waals surface area contributed by atoms with Crippen molar-refractivity contribution in [1.82, 2.24) is 10.9 Å². The van der Waals surface area contributed by atoms with Crippen molar-refractivity contribution in [2.24, 2.45) is 0 Å². The third-order valence-corrected chi connectivity index (χ3v) is 3.87. The molecule has 0 saturated heterocycles. The molecular weight excluding hydrogens is 340 g/mol. The summed E-state index contributed by atoms with van der Waals surface area (Å²) in [4.78, 5) is 23.9. The minimum absolute atomic E-state index is 0.225. The van der Waals surface area contributed by atoms with Gasteiger partial charge in [0.05, 0.1) is 10.6 Å². The zero-order chi connectivity index (χ0) is 17.6. The van der Waals surface area contributed by atoms with E-state index in [1.807, 2.05) is 36.4 Å². The van der Waals surface area contributed by atoms with Crippen LogP contribution in [-0.2, 0) is 4.79 Å². The van der Waals surface area contributed by atoms with Crippen LogP contribution >= 0.6 is 11.6 Å². The average Bonchev–Trinajstić information content (AvgIpc) is 2.64. The van der Waals surface area contributed by atoms with E-state index in [-0.39, 0.29) is 12.2 Å². The molecule has 6 heteroatoms. The lowest BCUT2D eigenvalue weighted by atomic mass is 10.1. The Hall–Kier alpha value is -3.05. The van der Waals surface area contributed by atoms with Gasteiger partial charge in [0.1, 0.15) is 5.75 Å². The number of fused-ring (bicyclic) bond motifs is 1. The standard InChI is InChI=1S/C19H15ClN2O3/c20-16-10-4-3-9-15(16)19(24)22-21-18(23)12-25-17-11-5-7-13-6-1-2-8-14(13)17/h1-11H,12H2,(H,21,23)(H,22,24). The molecule has 3 aromatic rings. The number of ether oxygens (including phenoxy) is 1. The van der Waals surface area contributed by atoms with Crippen molar-refractivity contribution in [1.29, 1.82) is 0 Å². The highest BCUT2D eigenvalue weighted by Crippen LogP contribution is 2.24. The second kappa shape index (κ2) is 7.68. The predicted octanol–water partition coefficient (Wildman–Crippen LogP) is 3.33. The van der Waals surface area contributed by atoms with E-state index in [1.54, 1.807) is 30.3 Å². The van der Waals surface area contributed by atoms with Crippen LogP contribution in [0.5, 0.6) is 5.75 Å². The van der Waals surface area contributed by atoms with Crippen LogP contribution < -0.4 is 15.6 Å². The number of benzene rings is 3. The molecule has 0 aliphatic carbocycles. The highest BCUT2D eigenvalue weighted by atomic mass is 35.5. The lowest BCUT2D eigenvalue weighted by Crippen LogP contribution is -2.43. The van der Waals surface area contributed by atoms with Crippen LogP contribution in [-0.4, -0.2) is 18.4 Å². The summed E-state index contributed by atoms with van der Waals surface area (Å²) in [5, 5.41) is 2.24. The van der Waals surface area contributed by atoms with Gasteiger partial charge in [0, 0.05) is 5.39 Å². The molecule has 0 aliphatic rings. The van der Waals surface area contributed by atoms with E-state index >= 15 is 0 Å². The Morgan fingerprint density at radius 1 is 0.880 bits per heavy atom. The molecule has 2 N–H and O–H groups in total. The van der Waals surface area contributed by atoms with E-state index in [4.69, 9.17) is 16.3 Å². The maximum atomic E-state index is 12.0. The first kappa shape index (κ1) is 16.8. The Morgan fingerprint density at radius 3 is 2.44 bits per heavy atom. The highest BCUT2D eigenvalue weighted by Gasteiger charge is 2.11. The summed E-state index contributed by atoms with van der Waals surface area (Å²) in [6, 6.07) is 19.9. The fourth-order valence-corrected chi connectivity index (χ4v) is 2.56. The molecule has 0 heterocycles. The molecule has 126 valence electrons. The van der Waals surface area contributed by atoms with Crippen molar-refractivity contribution in [2.45, 2.75) is 0 Å². The van der Waals surface area contributed by atoms with E-state index < -0.39 is 11.8 Å². The number of carbonyl (C=O) groups excluding carboxylic acids is 2. The summed E-state index contributed by atoms with van der Waals surface area (Å²) in [5.74, 6) is -0.372. The Kier molecular flexibility index (Phi) is 5.16. The normalized spacial score (nSPS) is 10.3. The van der Waals surface area contributed by atoms with Crippen molar-refractivity contribution in [3.8, 4) is 5.75 Å². The number of hydrazine groups is 1. The van der Waals surface area contributed by atoms with Gasteiger partial charge in [0.2, 0.25) is 0 Å². The average molecular weight is 355 g/mol. The molecule has 0 aliphatic heterocycles. The molecule has 3 aromatic carbocycles. The zero-order valence-corrected chi connectivity index (χ0v) is 13.9. The summed E-state index contributed by atoms with van der Waals surface area (Å²) in [7, 11) is 0. The van der Waals surface area contributed by atoms with Gasteiger partial charge in [-0.2, -0.15) is 0 Å². The smallest absolute Gasteiger partial charge is 0.276 e. The van der Waals surface area contributed by atoms with Gasteiger partial charge in [-0.1, -0.05) is 60.1 Å². The topological polar surface area (TPSA) is 67.4 Å². The van der Waals surface area contributed by atoms with Gasteiger partial charge in [-0.3, -0.25) is 20.4 Å². The second-order valence-corrected chi connectivity index (χ2v) is 5.66. The van der Waals surface area contributed by atoms with Gasteiger partial charge in [-0.05, 0) is 23.6 Å². The maximum absolute atomic E-state index is 12.0. The van der Waals surface area contributed by atoms with Crippen LogP contribution in [0.25, 0.3) is 10.8 Å². The van der Waals surface area contributed by atoms with Crippen LogP contribution in [0.2, 0.25) is 5.02 Å². The van der Waals surface area contributed by atoms with E-state index in [1.165, 1.54) is 0 Å². The van der Waals surface area contributed by atoms with Gasteiger partial charge < -0.3 is 4.74 Å². The van der Waals surface area contributed by atoms with Gasteiger partial charge in [0.15, 0.2) is 6.61 Å². The van der Waals surface area contributed by atoms with Gasteiger partial charge >= 0.3 is 0 Å². The molecule has 0 atom stereocenters. The number of hydrogen-bond donors (Lipinski definition) is 2. The first-order valence-electron chi connectivity index (χ1n) is 7.59. The summed E-state index contributed by atoms with van der Waals surface area (Å²) < 4.78 is 5.55. The van der Waals surface area contributed by atoms with Crippen LogP contribution in [0.3, 0.4) is 0 Å². The first-order valence-corrected chi connectivity index (χ1v) is 7.97. The lowest BCUT2D eigenvalue weighted by molar-refractivity contribution is -0.123. The van der Waals surface area contributed by atoms with Crippen molar-refractivity contribution >= 4 is 34.2 Å². The number of hydrogen-bond acceptors (Lipinski definition) is 3. The van der Waals surface area contributed by atoms with E-state index in [0.717, 1.165) is 10.8 Å². The molecule has 0 bridgehead atoms. The van der Waals surface area contributed by atoms with E-state index in [2.05, 4.69) is 10.9 Å². The molecule has 0 saturated carbocycles. The number of rotatable bonds is 4. The van der Waals surface area contributed by atoms with Crippen molar-refractivity contribution in [3.05, 3.63) is 77.3 Å². The van der Waals surface area contributed by atoms with Crippen molar-refractivity contribution in [3.63, 3.8) is 0 Å². The Morgan fingerprint density at radius 2 is 1.60 bits per heavy atom. The van der Waals surface area contributed by atoms with Crippen LogP contribution in [0, 0.1) is 0 Å². The Labute approximate surface area is 149 Å². The summed E-state index contributed by atoms with van der Waals surface area (Å²) in [6.45, 7) is -0.225. The summed E-state index contributed by atoms with van der Waals surface area (Å²) in [5.41, 5.74) is 4.89. The number of amides is 2. The third-order valence-electron chi connectivity index (χ3n) is 3.54. The van der Waals surface area contributed by atoms with Crippen molar-refractivity contribution < 1.29 is 14.3 Å². The minimum atomic E-state index is -0.496. The lowest BCUT2D eigenvalue weighted by Gasteiger charge is -2.11. The molecule has 3 rings (SSSR count). The molecular formula is C19H15ClN2O3. The SMILES string of the molecule is O=C(COc1cccc2ccccc12)NNC(=O)c1ccccc1Cl. The Bertz CT molecular complexity index is 922. The number of halogens is 1. The molecule has 5 nitrogen and oxygen atoms in total. The van der Waals surface area contributed by atoms with E-state index in [0.29, 0.717) is 10.8 Å². The molecule has 25 heavy (non-hydrogen) atoms. The predicted molar refractivity (Wildman–Crippen MR) is 96.5 cm³/mol. The van der Waals surface area contributed by atoms with Crippen LogP contribution in [0.15, 0.2) is 66.7 Å². The molecule has 0 fully saturated rings.